The maximum Gasteiger partial charge on any atom is 0.231 e. The fourth-order valence-electron chi connectivity index (χ4n) is 2.25. The molecule has 4 nitrogen and oxygen atoms in total. The summed E-state index contributed by atoms with van der Waals surface area (Å²) in [5, 5.41) is 3.18. The topological polar surface area (TPSA) is 58.4 Å². The molecular formula is C13H18FN3O. The number of hydrogen-bond donors (Lipinski definition) is 2. The largest absolute Gasteiger partial charge is 0.396 e. The van der Waals surface area contributed by atoms with E-state index < -0.39 is 5.82 Å². The monoisotopic (exact) mass is 251 g/mol. The van der Waals surface area contributed by atoms with Gasteiger partial charge < -0.3 is 16.0 Å². The molecule has 0 radical (unpaired) electrons. The van der Waals surface area contributed by atoms with Crippen molar-refractivity contribution in [2.75, 3.05) is 30.8 Å². The molecule has 1 aliphatic rings. The molecule has 1 heterocycles. The second kappa shape index (κ2) is 5.35. The first-order valence-electron chi connectivity index (χ1n) is 6.13. The van der Waals surface area contributed by atoms with E-state index >= 15 is 0 Å². The van der Waals surface area contributed by atoms with Crippen LogP contribution in [0.5, 0.6) is 0 Å². The number of nitrogens with zero attached hydrogens (tertiary/aromatic N) is 1. The van der Waals surface area contributed by atoms with Crippen molar-refractivity contribution < 1.29 is 9.18 Å². The van der Waals surface area contributed by atoms with E-state index in [1.54, 1.807) is 19.2 Å². The summed E-state index contributed by atoms with van der Waals surface area (Å²) >= 11 is 0. The molecule has 1 amide bonds. The van der Waals surface area contributed by atoms with Crippen LogP contribution in [-0.2, 0) is 4.79 Å². The molecule has 2 rings (SSSR count). The van der Waals surface area contributed by atoms with Gasteiger partial charge in [-0.1, -0.05) is 6.07 Å². The molecular weight excluding hydrogens is 233 g/mol. The first-order valence-corrected chi connectivity index (χ1v) is 6.13. The van der Waals surface area contributed by atoms with Crippen LogP contribution in [0.1, 0.15) is 12.8 Å². The van der Waals surface area contributed by atoms with Crippen LogP contribution in [0.2, 0.25) is 0 Å². The molecule has 3 N–H and O–H groups in total. The minimum Gasteiger partial charge on any atom is -0.396 e. The van der Waals surface area contributed by atoms with Crippen molar-refractivity contribution in [2.45, 2.75) is 12.8 Å². The van der Waals surface area contributed by atoms with Crippen LogP contribution >= 0.6 is 0 Å². The number of anilines is 2. The fourth-order valence-corrected chi connectivity index (χ4v) is 2.25. The number of nitrogens with one attached hydrogen (secondary N) is 1. The number of nitrogens with two attached hydrogens (primary N) is 1. The maximum atomic E-state index is 13.8. The zero-order chi connectivity index (χ0) is 13.1. The first-order chi connectivity index (χ1) is 8.61. The zero-order valence-corrected chi connectivity index (χ0v) is 10.4. The summed E-state index contributed by atoms with van der Waals surface area (Å²) in [5.74, 6) is -0.673. The van der Waals surface area contributed by atoms with Gasteiger partial charge in [0.15, 0.2) is 5.82 Å². The third-order valence-electron chi connectivity index (χ3n) is 3.35. The van der Waals surface area contributed by atoms with Gasteiger partial charge in [-0.25, -0.2) is 4.39 Å². The Bertz CT molecular complexity index is 444. The number of nitrogen functional groups attached to an aromatic ring is 1. The molecule has 1 fully saturated rings. The van der Waals surface area contributed by atoms with E-state index in [1.807, 2.05) is 0 Å². The van der Waals surface area contributed by atoms with Crippen LogP contribution in [0.15, 0.2) is 18.2 Å². The molecule has 18 heavy (non-hydrogen) atoms. The van der Waals surface area contributed by atoms with Crippen LogP contribution in [-0.4, -0.2) is 26.0 Å². The lowest BCUT2D eigenvalue weighted by Gasteiger charge is -2.27. The zero-order valence-electron chi connectivity index (χ0n) is 10.4. The SMILES string of the molecule is CN(C(=O)C1CCCNC1)c1cccc(N)c1F. The second-order valence-corrected chi connectivity index (χ2v) is 4.62. The van der Waals surface area contributed by atoms with E-state index in [0.29, 0.717) is 6.54 Å². The van der Waals surface area contributed by atoms with E-state index in [2.05, 4.69) is 5.32 Å². The van der Waals surface area contributed by atoms with Gasteiger partial charge in [0.05, 0.1) is 17.3 Å². The Labute approximate surface area is 106 Å². The number of carbonyl (C=O) groups excluding carboxylic acids is 1. The van der Waals surface area contributed by atoms with Crippen LogP contribution in [0, 0.1) is 11.7 Å². The Morgan fingerprint density at radius 2 is 2.33 bits per heavy atom. The summed E-state index contributed by atoms with van der Waals surface area (Å²) < 4.78 is 13.8. The number of halogens is 1. The lowest BCUT2D eigenvalue weighted by Crippen LogP contribution is -2.41. The van der Waals surface area contributed by atoms with Crippen LogP contribution in [0.25, 0.3) is 0 Å². The summed E-state index contributed by atoms with van der Waals surface area (Å²) in [6, 6.07) is 4.70. The molecule has 98 valence electrons. The number of rotatable bonds is 2. The molecule has 1 aromatic carbocycles. The summed E-state index contributed by atoms with van der Waals surface area (Å²) in [4.78, 5) is 13.6. The van der Waals surface area contributed by atoms with Crippen molar-refractivity contribution in [1.29, 1.82) is 0 Å². The lowest BCUT2D eigenvalue weighted by molar-refractivity contribution is -0.122. The average molecular weight is 251 g/mol. The number of amides is 1. The first kappa shape index (κ1) is 12.8. The van der Waals surface area contributed by atoms with Crippen molar-refractivity contribution >= 4 is 17.3 Å². The molecule has 0 aromatic heterocycles. The normalized spacial score (nSPS) is 19.6. The third-order valence-corrected chi connectivity index (χ3v) is 3.35. The summed E-state index contributed by atoms with van der Waals surface area (Å²) in [7, 11) is 1.59. The van der Waals surface area contributed by atoms with Gasteiger partial charge in [0.2, 0.25) is 5.91 Å². The quantitative estimate of drug-likeness (QED) is 0.780. The number of carbonyl (C=O) groups is 1. The van der Waals surface area contributed by atoms with Gasteiger partial charge in [0, 0.05) is 13.6 Å². The Kier molecular flexibility index (Phi) is 3.81. The summed E-state index contributed by atoms with van der Waals surface area (Å²) in [5.41, 5.74) is 5.82. The van der Waals surface area contributed by atoms with Gasteiger partial charge >= 0.3 is 0 Å². The maximum absolute atomic E-state index is 13.8. The van der Waals surface area contributed by atoms with Gasteiger partial charge in [-0.05, 0) is 31.5 Å². The third kappa shape index (κ3) is 2.46. The van der Waals surface area contributed by atoms with E-state index in [-0.39, 0.29) is 23.2 Å². The van der Waals surface area contributed by atoms with Gasteiger partial charge in [-0.2, -0.15) is 0 Å². The predicted molar refractivity (Wildman–Crippen MR) is 69.8 cm³/mol. The van der Waals surface area contributed by atoms with Crippen molar-refractivity contribution in [3.63, 3.8) is 0 Å². The molecule has 0 bridgehead atoms. The molecule has 1 atom stereocenters. The van der Waals surface area contributed by atoms with Crippen LogP contribution in [0.4, 0.5) is 15.8 Å². The molecule has 1 aromatic rings. The van der Waals surface area contributed by atoms with Crippen LogP contribution < -0.4 is 16.0 Å². The number of benzene rings is 1. The number of piperidine rings is 1. The molecule has 1 unspecified atom stereocenters. The Morgan fingerprint density at radius 1 is 1.56 bits per heavy atom. The highest BCUT2D eigenvalue weighted by molar-refractivity contribution is 5.95. The van der Waals surface area contributed by atoms with Crippen molar-refractivity contribution in [1.82, 2.24) is 5.32 Å². The molecule has 0 spiro atoms. The van der Waals surface area contributed by atoms with Crippen molar-refractivity contribution in [3.8, 4) is 0 Å². The van der Waals surface area contributed by atoms with Crippen molar-refractivity contribution in [3.05, 3.63) is 24.0 Å². The van der Waals surface area contributed by atoms with Crippen molar-refractivity contribution in [2.24, 2.45) is 5.92 Å². The predicted octanol–water partition coefficient (Wildman–Crippen LogP) is 1.37. The van der Waals surface area contributed by atoms with E-state index in [4.69, 9.17) is 5.73 Å². The van der Waals surface area contributed by atoms with E-state index in [0.717, 1.165) is 19.4 Å². The highest BCUT2D eigenvalue weighted by Crippen LogP contribution is 2.25. The highest BCUT2D eigenvalue weighted by atomic mass is 19.1. The Morgan fingerprint density at radius 3 is 3.00 bits per heavy atom. The smallest absolute Gasteiger partial charge is 0.231 e. The van der Waals surface area contributed by atoms with Gasteiger partial charge in [-0.3, -0.25) is 4.79 Å². The molecule has 0 saturated carbocycles. The molecule has 1 aliphatic heterocycles. The summed E-state index contributed by atoms with van der Waals surface area (Å²) in [6.45, 7) is 1.60. The van der Waals surface area contributed by atoms with E-state index in [9.17, 15) is 9.18 Å². The summed E-state index contributed by atoms with van der Waals surface area (Å²) in [6.07, 6.45) is 1.82. The molecule has 5 heteroatoms. The van der Waals surface area contributed by atoms with E-state index in [1.165, 1.54) is 11.0 Å². The molecule has 1 saturated heterocycles. The minimum absolute atomic E-state index is 0.0632. The standard InChI is InChI=1S/C13H18FN3O/c1-17(11-6-2-5-10(15)12(11)14)13(18)9-4-3-7-16-8-9/h2,5-6,9,16H,3-4,7-8,15H2,1H3. The Balaban J connectivity index is 2.17. The van der Waals surface area contributed by atoms with Gasteiger partial charge in [0.25, 0.3) is 0 Å². The second-order valence-electron chi connectivity index (χ2n) is 4.62. The average Bonchev–Trinajstić information content (AvgIpc) is 2.41. The molecule has 0 aliphatic carbocycles. The Hall–Kier alpha value is -1.62. The fraction of sp³-hybridized carbons (Fsp3) is 0.462. The van der Waals surface area contributed by atoms with Gasteiger partial charge in [0.1, 0.15) is 0 Å². The highest BCUT2D eigenvalue weighted by Gasteiger charge is 2.26. The van der Waals surface area contributed by atoms with Crippen LogP contribution in [0.3, 0.4) is 0 Å². The lowest BCUT2D eigenvalue weighted by atomic mass is 9.98. The van der Waals surface area contributed by atoms with Gasteiger partial charge in [-0.15, -0.1) is 0 Å². The minimum atomic E-state index is -0.530. The number of hydrogen-bond acceptors (Lipinski definition) is 3.